The third-order valence-electron chi connectivity index (χ3n) is 4.30. The number of likely N-dealkylation sites (tertiary alicyclic amines) is 1. The van der Waals surface area contributed by atoms with E-state index in [2.05, 4.69) is 15.2 Å². The lowest BCUT2D eigenvalue weighted by Gasteiger charge is -2.54. The standard InChI is InChI=1S/C15H15Cl2N5O2/c1-14(2,3)24-13(23)21-6-4-15(5-7-21)8-22(9-15)11-10(16)19-20-12(17)18-11/h1-3H,4-9H2. The second-order valence-electron chi connectivity index (χ2n) is 6.26. The van der Waals surface area contributed by atoms with Crippen molar-refractivity contribution in [2.45, 2.75) is 18.4 Å². The molecule has 1 spiro atoms. The van der Waals surface area contributed by atoms with Crippen LogP contribution >= 0.6 is 23.2 Å². The van der Waals surface area contributed by atoms with Gasteiger partial charge < -0.3 is 14.5 Å². The van der Waals surface area contributed by atoms with Crippen molar-refractivity contribution in [1.82, 2.24) is 20.1 Å². The number of ether oxygens (including phenoxy) is 1. The number of carbonyl (C=O) groups excluding carboxylic acids is 1. The zero-order valence-corrected chi connectivity index (χ0v) is 14.3. The van der Waals surface area contributed by atoms with Crippen LogP contribution in [0.4, 0.5) is 10.6 Å². The second-order valence-corrected chi connectivity index (χ2v) is 6.96. The fourth-order valence-electron chi connectivity index (χ4n) is 3.10. The Hall–Kier alpha value is -1.34. The summed E-state index contributed by atoms with van der Waals surface area (Å²) in [5, 5.41) is 7.64. The minimum absolute atomic E-state index is 0.0572. The molecule has 7 nitrogen and oxygen atoms in total. The normalized spacial score (nSPS) is 20.0. The molecule has 1 aromatic rings. The molecule has 1 amide bonds. The molecule has 0 saturated carbocycles. The number of carbonyl (C=O) groups is 1. The zero-order chi connectivity index (χ0) is 17.5. The maximum Gasteiger partial charge on any atom is 0.410 e. The van der Waals surface area contributed by atoms with E-state index in [1.165, 1.54) is 0 Å². The highest BCUT2D eigenvalue weighted by atomic mass is 35.5. The molecular formula is C15H15Cl2N5O2. The number of amides is 1. The van der Waals surface area contributed by atoms with Crippen LogP contribution in [-0.2, 0) is 4.74 Å². The van der Waals surface area contributed by atoms with E-state index in [1.807, 2.05) is 4.90 Å². The first-order valence-electron chi connectivity index (χ1n) is 7.33. The van der Waals surface area contributed by atoms with Gasteiger partial charge in [0.25, 0.3) is 0 Å². The summed E-state index contributed by atoms with van der Waals surface area (Å²) in [4.78, 5) is 19.6. The van der Waals surface area contributed by atoms with E-state index in [-0.39, 0.29) is 15.9 Å². The van der Waals surface area contributed by atoms with Crippen LogP contribution in [0.1, 0.15) is 12.8 Å². The maximum absolute atomic E-state index is 11.9. The second kappa shape index (κ2) is 6.19. The Morgan fingerprint density at radius 3 is 2.38 bits per heavy atom. The van der Waals surface area contributed by atoms with Gasteiger partial charge in [-0.15, -0.1) is 10.2 Å². The molecule has 2 saturated heterocycles. The molecule has 0 atom stereocenters. The minimum atomic E-state index is -1.96. The van der Waals surface area contributed by atoms with Gasteiger partial charge in [0.05, 0.1) is 0 Å². The average molecular weight is 368 g/mol. The largest absolute Gasteiger partial charge is 0.442 e. The molecule has 0 unspecified atom stereocenters. The van der Waals surface area contributed by atoms with Gasteiger partial charge in [-0.1, -0.05) is 11.6 Å². The van der Waals surface area contributed by atoms with Gasteiger partial charge in [-0.05, 0) is 24.4 Å². The van der Waals surface area contributed by atoms with E-state index in [1.54, 1.807) is 4.90 Å². The summed E-state index contributed by atoms with van der Waals surface area (Å²) in [6.07, 6.45) is 1.02. The molecule has 6 radical (unpaired) electrons. The van der Waals surface area contributed by atoms with Crippen molar-refractivity contribution < 1.29 is 9.53 Å². The first-order valence-corrected chi connectivity index (χ1v) is 8.08. The van der Waals surface area contributed by atoms with Crippen LogP contribution in [0.25, 0.3) is 0 Å². The number of aromatic nitrogens is 3. The quantitative estimate of drug-likeness (QED) is 0.796. The van der Waals surface area contributed by atoms with Crippen LogP contribution in [0, 0.1) is 26.2 Å². The molecule has 0 bridgehead atoms. The molecule has 126 valence electrons. The van der Waals surface area contributed by atoms with Gasteiger partial charge in [0.15, 0.2) is 11.0 Å². The van der Waals surface area contributed by atoms with Crippen molar-refractivity contribution in [2.75, 3.05) is 31.1 Å². The van der Waals surface area contributed by atoms with Gasteiger partial charge in [-0.2, -0.15) is 4.98 Å². The summed E-state index contributed by atoms with van der Waals surface area (Å²) >= 11 is 11.8. The Morgan fingerprint density at radius 1 is 1.17 bits per heavy atom. The molecule has 2 aliphatic heterocycles. The van der Waals surface area contributed by atoms with Gasteiger partial charge in [-0.3, -0.25) is 0 Å². The summed E-state index contributed by atoms with van der Waals surface area (Å²) in [7, 11) is 0. The lowest BCUT2D eigenvalue weighted by atomic mass is 9.72. The minimum Gasteiger partial charge on any atom is -0.442 e. The fraction of sp³-hybridized carbons (Fsp3) is 0.533. The number of hydrogen-bond acceptors (Lipinski definition) is 6. The Balaban J connectivity index is 1.55. The topological polar surface area (TPSA) is 71.5 Å². The lowest BCUT2D eigenvalue weighted by Crippen LogP contribution is -2.61. The van der Waals surface area contributed by atoms with Crippen molar-refractivity contribution in [3.8, 4) is 0 Å². The lowest BCUT2D eigenvalue weighted by molar-refractivity contribution is 0.0321. The average Bonchev–Trinajstić information content (AvgIpc) is 2.46. The monoisotopic (exact) mass is 367 g/mol. The fourth-order valence-corrected chi connectivity index (χ4v) is 3.41. The van der Waals surface area contributed by atoms with Crippen LogP contribution in [0.3, 0.4) is 0 Å². The number of rotatable bonds is 2. The molecule has 2 fully saturated rings. The summed E-state index contributed by atoms with van der Waals surface area (Å²) in [5.41, 5.74) is -1.86. The molecule has 9 heteroatoms. The van der Waals surface area contributed by atoms with Gasteiger partial charge in [-0.25, -0.2) is 4.79 Å². The van der Waals surface area contributed by atoms with E-state index in [9.17, 15) is 4.79 Å². The number of halogens is 2. The van der Waals surface area contributed by atoms with Crippen LogP contribution in [0.2, 0.25) is 10.4 Å². The maximum atomic E-state index is 11.9. The van der Waals surface area contributed by atoms with Crippen molar-refractivity contribution >= 4 is 35.1 Å². The predicted molar refractivity (Wildman–Crippen MR) is 87.4 cm³/mol. The summed E-state index contributed by atoms with van der Waals surface area (Å²) in [5.74, 6) is 0.531. The first kappa shape index (κ1) is 17.5. The molecule has 3 rings (SSSR count). The molecule has 0 aromatic carbocycles. The van der Waals surface area contributed by atoms with Crippen LogP contribution in [0.15, 0.2) is 0 Å². The van der Waals surface area contributed by atoms with Gasteiger partial charge in [0.2, 0.25) is 5.28 Å². The predicted octanol–water partition coefficient (Wildman–Crippen LogP) is 2.09. The van der Waals surface area contributed by atoms with Crippen molar-refractivity contribution in [1.29, 1.82) is 0 Å². The first-order chi connectivity index (χ1) is 11.2. The molecule has 2 aliphatic rings. The van der Waals surface area contributed by atoms with E-state index in [0.717, 1.165) is 25.9 Å². The van der Waals surface area contributed by atoms with Crippen molar-refractivity contribution in [2.24, 2.45) is 5.41 Å². The molecular weight excluding hydrogens is 353 g/mol. The highest BCUT2D eigenvalue weighted by Crippen LogP contribution is 2.43. The third kappa shape index (κ3) is 3.67. The number of piperidine rings is 1. The molecule has 24 heavy (non-hydrogen) atoms. The highest BCUT2D eigenvalue weighted by molar-refractivity contribution is 6.32. The van der Waals surface area contributed by atoms with E-state index >= 15 is 0 Å². The Kier molecular flexibility index (Phi) is 4.51. The number of hydrogen-bond donors (Lipinski definition) is 0. The van der Waals surface area contributed by atoms with Gasteiger partial charge >= 0.3 is 6.09 Å². The third-order valence-corrected chi connectivity index (χ3v) is 4.71. The summed E-state index contributed by atoms with van der Waals surface area (Å²) in [6, 6.07) is 0. The smallest absolute Gasteiger partial charge is 0.410 e. The number of anilines is 1. The van der Waals surface area contributed by atoms with E-state index in [0.29, 0.717) is 18.9 Å². The number of nitrogens with zero attached hydrogens (tertiary/aromatic N) is 5. The summed E-state index contributed by atoms with van der Waals surface area (Å²) < 4.78 is 4.77. The highest BCUT2D eigenvalue weighted by Gasteiger charge is 2.47. The van der Waals surface area contributed by atoms with Crippen molar-refractivity contribution in [3.63, 3.8) is 0 Å². The van der Waals surface area contributed by atoms with E-state index < -0.39 is 11.7 Å². The van der Waals surface area contributed by atoms with Crippen molar-refractivity contribution in [3.05, 3.63) is 31.2 Å². The SMILES string of the molecule is [CH]C([CH])([CH])OC(=O)N1CCC2(CC1)CN(c1nc(Cl)nnc1Cl)C2. The molecule has 0 aliphatic carbocycles. The zero-order valence-electron chi connectivity index (χ0n) is 12.8. The van der Waals surface area contributed by atoms with Crippen LogP contribution in [-0.4, -0.2) is 58.0 Å². The summed E-state index contributed by atoms with van der Waals surface area (Å²) in [6.45, 7) is 18.4. The molecule has 3 heterocycles. The molecule has 0 N–H and O–H groups in total. The Bertz CT molecular complexity index is 633. The Labute approximate surface area is 151 Å². The van der Waals surface area contributed by atoms with Crippen LogP contribution in [0.5, 0.6) is 0 Å². The van der Waals surface area contributed by atoms with E-state index in [4.69, 9.17) is 48.7 Å². The Morgan fingerprint density at radius 2 is 1.79 bits per heavy atom. The molecule has 1 aromatic heterocycles. The van der Waals surface area contributed by atoms with Gasteiger partial charge in [0, 0.05) is 52.4 Å². The van der Waals surface area contributed by atoms with Gasteiger partial charge in [0.1, 0.15) is 5.60 Å². The van der Waals surface area contributed by atoms with Crippen LogP contribution < -0.4 is 4.90 Å².